The molecule has 8 heteroatoms. The second-order valence-corrected chi connectivity index (χ2v) is 4.92. The number of ether oxygens (including phenoxy) is 1. The van der Waals surface area contributed by atoms with Crippen molar-refractivity contribution in [2.75, 3.05) is 7.11 Å². The van der Waals surface area contributed by atoms with E-state index in [1.54, 1.807) is 25.1 Å². The Labute approximate surface area is 130 Å². The maximum atomic E-state index is 11.8. The second-order valence-electron chi connectivity index (χ2n) is 3.66. The van der Waals surface area contributed by atoms with Crippen molar-refractivity contribution in [2.45, 2.75) is 13.3 Å². The van der Waals surface area contributed by atoms with Crippen molar-refractivity contribution in [3.8, 4) is 5.75 Å². The van der Waals surface area contributed by atoms with Gasteiger partial charge in [-0.25, -0.2) is 0 Å². The fourth-order valence-corrected chi connectivity index (χ4v) is 1.95. The van der Waals surface area contributed by atoms with Crippen LogP contribution in [0.15, 0.2) is 22.7 Å². The van der Waals surface area contributed by atoms with Crippen molar-refractivity contribution >= 4 is 45.1 Å². The van der Waals surface area contributed by atoms with Crippen LogP contribution < -0.4 is 20.9 Å². The molecule has 6 nitrogen and oxygen atoms in total. The highest BCUT2D eigenvalue weighted by Crippen LogP contribution is 2.25. The Kier molecular flexibility index (Phi) is 6.40. The molecule has 20 heavy (non-hydrogen) atoms. The molecule has 0 aromatic heterocycles. The van der Waals surface area contributed by atoms with Crippen LogP contribution in [0.2, 0.25) is 0 Å². The van der Waals surface area contributed by atoms with Crippen molar-refractivity contribution < 1.29 is 14.3 Å². The van der Waals surface area contributed by atoms with Gasteiger partial charge in [0.25, 0.3) is 5.91 Å². The molecule has 0 aliphatic heterocycles. The van der Waals surface area contributed by atoms with Gasteiger partial charge in [0.15, 0.2) is 5.11 Å². The molecule has 0 saturated heterocycles. The van der Waals surface area contributed by atoms with Crippen LogP contribution >= 0.6 is 28.1 Å². The molecule has 1 rings (SSSR count). The van der Waals surface area contributed by atoms with E-state index in [1.807, 2.05) is 0 Å². The van der Waals surface area contributed by atoms with Crippen molar-refractivity contribution in [1.82, 2.24) is 16.2 Å². The summed E-state index contributed by atoms with van der Waals surface area (Å²) in [5, 5.41) is 2.44. The van der Waals surface area contributed by atoms with Gasteiger partial charge in [0.05, 0.1) is 11.6 Å². The molecule has 0 fully saturated rings. The normalized spacial score (nSPS) is 9.55. The number of halogens is 1. The first-order valence-corrected chi connectivity index (χ1v) is 6.91. The number of carbonyl (C=O) groups excluding carboxylic acids is 2. The minimum absolute atomic E-state index is 0.0396. The quantitative estimate of drug-likeness (QED) is 0.563. The van der Waals surface area contributed by atoms with Gasteiger partial charge in [0.1, 0.15) is 5.75 Å². The van der Waals surface area contributed by atoms with Gasteiger partial charge in [-0.05, 0) is 46.3 Å². The fourth-order valence-electron chi connectivity index (χ4n) is 1.24. The van der Waals surface area contributed by atoms with E-state index in [9.17, 15) is 9.59 Å². The van der Waals surface area contributed by atoms with Gasteiger partial charge < -0.3 is 10.1 Å². The molecule has 3 N–H and O–H groups in total. The van der Waals surface area contributed by atoms with Gasteiger partial charge in [0.2, 0.25) is 5.91 Å². The summed E-state index contributed by atoms with van der Waals surface area (Å²) in [4.78, 5) is 22.9. The molecule has 0 aliphatic carbocycles. The second kappa shape index (κ2) is 7.81. The molecule has 0 aliphatic rings. The highest BCUT2D eigenvalue weighted by Gasteiger charge is 2.09. The molecule has 2 amide bonds. The molecule has 0 radical (unpaired) electrons. The van der Waals surface area contributed by atoms with Gasteiger partial charge in [-0.1, -0.05) is 6.92 Å². The third kappa shape index (κ3) is 4.78. The topological polar surface area (TPSA) is 79.5 Å². The first-order chi connectivity index (χ1) is 9.47. The summed E-state index contributed by atoms with van der Waals surface area (Å²) in [5.41, 5.74) is 5.25. The number of rotatable bonds is 3. The summed E-state index contributed by atoms with van der Waals surface area (Å²) in [5.74, 6) is 0.00521. The molecule has 0 atom stereocenters. The van der Waals surface area contributed by atoms with Crippen LogP contribution in [-0.2, 0) is 4.79 Å². The molecule has 0 unspecified atom stereocenters. The van der Waals surface area contributed by atoms with Gasteiger partial charge >= 0.3 is 0 Å². The van der Waals surface area contributed by atoms with E-state index < -0.39 is 0 Å². The highest BCUT2D eigenvalue weighted by molar-refractivity contribution is 9.10. The van der Waals surface area contributed by atoms with Crippen molar-refractivity contribution in [3.05, 3.63) is 28.2 Å². The number of hydrogen-bond donors (Lipinski definition) is 3. The largest absolute Gasteiger partial charge is 0.496 e. The Morgan fingerprint density at radius 1 is 1.35 bits per heavy atom. The van der Waals surface area contributed by atoms with Gasteiger partial charge in [0, 0.05) is 12.0 Å². The summed E-state index contributed by atoms with van der Waals surface area (Å²) >= 11 is 8.13. The lowest BCUT2D eigenvalue weighted by Crippen LogP contribution is -2.48. The van der Waals surface area contributed by atoms with Crippen LogP contribution in [0.25, 0.3) is 0 Å². The van der Waals surface area contributed by atoms with E-state index in [1.165, 1.54) is 7.11 Å². The highest BCUT2D eigenvalue weighted by atomic mass is 79.9. The monoisotopic (exact) mass is 359 g/mol. The SMILES string of the molecule is CCC(=O)NC(=S)NNC(=O)c1ccc(OC)c(Br)c1. The van der Waals surface area contributed by atoms with E-state index >= 15 is 0 Å². The summed E-state index contributed by atoms with van der Waals surface area (Å²) < 4.78 is 5.73. The Morgan fingerprint density at radius 2 is 2.05 bits per heavy atom. The third-order valence-corrected chi connectivity index (χ3v) is 3.10. The number of methoxy groups -OCH3 is 1. The number of nitrogens with one attached hydrogen (secondary N) is 3. The van der Waals surface area contributed by atoms with E-state index in [4.69, 9.17) is 17.0 Å². The minimum atomic E-state index is -0.388. The standard InChI is InChI=1S/C12H14BrN3O3S/c1-3-10(17)14-12(20)16-15-11(18)7-4-5-9(19-2)8(13)6-7/h4-6H,3H2,1-2H3,(H,15,18)(H2,14,16,17,20). The predicted octanol–water partition coefficient (Wildman–Crippen LogP) is 1.50. The third-order valence-electron chi connectivity index (χ3n) is 2.28. The number of carbonyl (C=O) groups is 2. The number of hydrogen-bond acceptors (Lipinski definition) is 4. The fraction of sp³-hybridized carbons (Fsp3) is 0.250. The van der Waals surface area contributed by atoms with E-state index in [-0.39, 0.29) is 16.9 Å². The predicted molar refractivity (Wildman–Crippen MR) is 82.3 cm³/mol. The summed E-state index contributed by atoms with van der Waals surface area (Å²) in [7, 11) is 1.54. The maximum absolute atomic E-state index is 11.8. The molecule has 0 bridgehead atoms. The molecule has 0 heterocycles. The number of amides is 2. The van der Waals surface area contributed by atoms with Crippen LogP contribution in [0.1, 0.15) is 23.7 Å². The molecule has 1 aromatic carbocycles. The average Bonchev–Trinajstić information content (AvgIpc) is 2.44. The van der Waals surface area contributed by atoms with Crippen LogP contribution in [0.3, 0.4) is 0 Å². The first-order valence-electron chi connectivity index (χ1n) is 5.71. The number of benzene rings is 1. The molecular weight excluding hydrogens is 346 g/mol. The molecule has 0 spiro atoms. The minimum Gasteiger partial charge on any atom is -0.496 e. The summed E-state index contributed by atoms with van der Waals surface area (Å²) in [6, 6.07) is 4.88. The van der Waals surface area contributed by atoms with E-state index in [0.29, 0.717) is 22.2 Å². The van der Waals surface area contributed by atoms with E-state index in [2.05, 4.69) is 32.1 Å². The van der Waals surface area contributed by atoms with Crippen LogP contribution in [-0.4, -0.2) is 24.0 Å². The maximum Gasteiger partial charge on any atom is 0.269 e. The van der Waals surface area contributed by atoms with Crippen LogP contribution in [0.4, 0.5) is 0 Å². The zero-order valence-electron chi connectivity index (χ0n) is 11.0. The Balaban J connectivity index is 2.57. The van der Waals surface area contributed by atoms with Gasteiger partial charge in [-0.3, -0.25) is 20.4 Å². The zero-order chi connectivity index (χ0) is 15.1. The number of hydrazine groups is 1. The lowest BCUT2D eigenvalue weighted by molar-refractivity contribution is -0.119. The van der Waals surface area contributed by atoms with Crippen LogP contribution in [0, 0.1) is 0 Å². The van der Waals surface area contributed by atoms with E-state index in [0.717, 1.165) is 0 Å². The number of thiocarbonyl (C=S) groups is 1. The average molecular weight is 360 g/mol. The van der Waals surface area contributed by atoms with Gasteiger partial charge in [-0.15, -0.1) is 0 Å². The van der Waals surface area contributed by atoms with Crippen LogP contribution in [0.5, 0.6) is 5.75 Å². The summed E-state index contributed by atoms with van der Waals surface area (Å²) in [6.07, 6.45) is 0.307. The Morgan fingerprint density at radius 3 is 2.60 bits per heavy atom. The molecule has 1 aromatic rings. The zero-order valence-corrected chi connectivity index (χ0v) is 13.4. The van der Waals surface area contributed by atoms with Crippen molar-refractivity contribution in [1.29, 1.82) is 0 Å². The first kappa shape index (κ1) is 16.4. The lowest BCUT2D eigenvalue weighted by atomic mass is 10.2. The Bertz CT molecular complexity index is 537. The Hall–Kier alpha value is -1.67. The molecular formula is C12H14BrN3O3S. The van der Waals surface area contributed by atoms with Crippen molar-refractivity contribution in [3.63, 3.8) is 0 Å². The summed E-state index contributed by atoms with van der Waals surface area (Å²) in [6.45, 7) is 1.70. The molecule has 0 saturated carbocycles. The smallest absolute Gasteiger partial charge is 0.269 e. The van der Waals surface area contributed by atoms with Crippen molar-refractivity contribution in [2.24, 2.45) is 0 Å². The molecule has 108 valence electrons. The van der Waals surface area contributed by atoms with Gasteiger partial charge in [-0.2, -0.15) is 0 Å². The lowest BCUT2D eigenvalue weighted by Gasteiger charge is -2.11.